The fraction of sp³-hybridized carbons (Fsp3) is 0.429. The summed E-state index contributed by atoms with van der Waals surface area (Å²) in [7, 11) is 0. The summed E-state index contributed by atoms with van der Waals surface area (Å²) in [6, 6.07) is 7.32. The van der Waals surface area contributed by atoms with E-state index in [0.29, 0.717) is 29.8 Å². The molecular formula is C14H17N3O2. The van der Waals surface area contributed by atoms with Crippen LogP contribution in [0.3, 0.4) is 0 Å². The first-order valence-corrected chi connectivity index (χ1v) is 6.46. The Morgan fingerprint density at radius 1 is 1.47 bits per heavy atom. The molecule has 1 aliphatic rings. The zero-order chi connectivity index (χ0) is 13.5. The Balaban J connectivity index is 1.88. The Morgan fingerprint density at radius 2 is 2.26 bits per heavy atom. The Bertz CT molecular complexity index is 663. The second-order valence-corrected chi connectivity index (χ2v) is 5.49. The van der Waals surface area contributed by atoms with Crippen molar-refractivity contribution < 1.29 is 5.11 Å². The molecule has 5 nitrogen and oxygen atoms in total. The highest BCUT2D eigenvalue weighted by molar-refractivity contribution is 5.77. The molecular weight excluding hydrogens is 242 g/mol. The number of aromatic amines is 1. The van der Waals surface area contributed by atoms with Gasteiger partial charge < -0.3 is 10.1 Å². The minimum Gasteiger partial charge on any atom is -0.389 e. The number of hydrogen-bond donors (Lipinski definition) is 2. The summed E-state index contributed by atoms with van der Waals surface area (Å²) in [4.78, 5) is 21.3. The second-order valence-electron chi connectivity index (χ2n) is 5.49. The summed E-state index contributed by atoms with van der Waals surface area (Å²) in [6.45, 7) is 3.84. The van der Waals surface area contributed by atoms with E-state index in [1.165, 1.54) is 0 Å². The summed E-state index contributed by atoms with van der Waals surface area (Å²) < 4.78 is 0. The Labute approximate surface area is 110 Å². The summed E-state index contributed by atoms with van der Waals surface area (Å²) in [5.41, 5.74) is -0.0179. The number of H-pyrrole nitrogens is 1. The highest BCUT2D eigenvalue weighted by atomic mass is 16.3. The van der Waals surface area contributed by atoms with Crippen molar-refractivity contribution >= 4 is 10.9 Å². The number of aliphatic hydroxyl groups is 1. The maximum atomic E-state index is 11.9. The molecule has 1 aromatic carbocycles. The van der Waals surface area contributed by atoms with Crippen LogP contribution in [0.25, 0.3) is 10.9 Å². The summed E-state index contributed by atoms with van der Waals surface area (Å²) >= 11 is 0. The lowest BCUT2D eigenvalue weighted by Crippen LogP contribution is -2.30. The van der Waals surface area contributed by atoms with Gasteiger partial charge in [0.15, 0.2) is 0 Å². The molecule has 0 aliphatic carbocycles. The van der Waals surface area contributed by atoms with Crippen molar-refractivity contribution in [3.05, 3.63) is 40.4 Å². The van der Waals surface area contributed by atoms with Gasteiger partial charge in [-0.15, -0.1) is 0 Å². The van der Waals surface area contributed by atoms with Crippen LogP contribution >= 0.6 is 0 Å². The SMILES string of the molecule is CC1(O)CCN(Cc2nc3ccccc3c(=O)[nH]2)C1. The minimum absolute atomic E-state index is 0.105. The van der Waals surface area contributed by atoms with Crippen molar-refractivity contribution in [3.63, 3.8) is 0 Å². The molecule has 2 heterocycles. The van der Waals surface area contributed by atoms with Crippen LogP contribution in [-0.4, -0.2) is 38.7 Å². The molecule has 1 saturated heterocycles. The third kappa shape index (κ3) is 2.52. The predicted octanol–water partition coefficient (Wildman–Crippen LogP) is 0.880. The number of benzene rings is 1. The van der Waals surface area contributed by atoms with Crippen molar-refractivity contribution in [2.45, 2.75) is 25.5 Å². The predicted molar refractivity (Wildman–Crippen MR) is 72.9 cm³/mol. The quantitative estimate of drug-likeness (QED) is 0.840. The summed E-state index contributed by atoms with van der Waals surface area (Å²) in [5.74, 6) is 0.654. The van der Waals surface area contributed by atoms with E-state index >= 15 is 0 Å². The monoisotopic (exact) mass is 259 g/mol. The normalized spacial score (nSPS) is 24.1. The van der Waals surface area contributed by atoms with Gasteiger partial charge in [-0.2, -0.15) is 0 Å². The highest BCUT2D eigenvalue weighted by Crippen LogP contribution is 2.21. The van der Waals surface area contributed by atoms with Crippen LogP contribution < -0.4 is 5.56 Å². The molecule has 2 aromatic rings. The fourth-order valence-corrected chi connectivity index (χ4v) is 2.60. The Morgan fingerprint density at radius 3 is 3.00 bits per heavy atom. The maximum absolute atomic E-state index is 11.9. The standard InChI is InChI=1S/C14H17N3O2/c1-14(19)6-7-17(9-14)8-12-15-11-5-3-2-4-10(11)13(18)16-12/h2-5,19H,6-9H2,1H3,(H,15,16,18). The van der Waals surface area contributed by atoms with Gasteiger partial charge >= 0.3 is 0 Å². The van der Waals surface area contributed by atoms with Gasteiger partial charge in [0, 0.05) is 13.1 Å². The van der Waals surface area contributed by atoms with E-state index in [0.717, 1.165) is 13.0 Å². The van der Waals surface area contributed by atoms with Crippen molar-refractivity contribution in [1.82, 2.24) is 14.9 Å². The average Bonchev–Trinajstić information content (AvgIpc) is 2.69. The maximum Gasteiger partial charge on any atom is 0.258 e. The van der Waals surface area contributed by atoms with Crippen molar-refractivity contribution in [2.24, 2.45) is 0 Å². The fourth-order valence-electron chi connectivity index (χ4n) is 2.60. The molecule has 1 atom stereocenters. The van der Waals surface area contributed by atoms with E-state index in [1.807, 2.05) is 25.1 Å². The van der Waals surface area contributed by atoms with Gasteiger partial charge in [-0.25, -0.2) is 4.98 Å². The molecule has 3 rings (SSSR count). The number of hydrogen-bond acceptors (Lipinski definition) is 4. The number of likely N-dealkylation sites (tertiary alicyclic amines) is 1. The third-order valence-electron chi connectivity index (χ3n) is 3.57. The molecule has 2 N–H and O–H groups in total. The van der Waals surface area contributed by atoms with E-state index < -0.39 is 5.60 Å². The van der Waals surface area contributed by atoms with E-state index in [9.17, 15) is 9.90 Å². The Kier molecular flexibility index (Phi) is 2.88. The number of rotatable bonds is 2. The average molecular weight is 259 g/mol. The van der Waals surface area contributed by atoms with Crippen molar-refractivity contribution in [2.75, 3.05) is 13.1 Å². The molecule has 19 heavy (non-hydrogen) atoms. The lowest BCUT2D eigenvalue weighted by Gasteiger charge is -2.18. The number of nitrogens with zero attached hydrogens (tertiary/aromatic N) is 2. The zero-order valence-corrected chi connectivity index (χ0v) is 10.9. The lowest BCUT2D eigenvalue weighted by atomic mass is 10.1. The van der Waals surface area contributed by atoms with E-state index in [2.05, 4.69) is 14.9 Å². The third-order valence-corrected chi connectivity index (χ3v) is 3.57. The van der Waals surface area contributed by atoms with Gasteiger partial charge in [-0.05, 0) is 25.5 Å². The molecule has 1 fully saturated rings. The van der Waals surface area contributed by atoms with Crippen LogP contribution in [0, 0.1) is 0 Å². The second kappa shape index (κ2) is 4.43. The largest absolute Gasteiger partial charge is 0.389 e. The minimum atomic E-state index is -0.628. The van der Waals surface area contributed by atoms with E-state index in [1.54, 1.807) is 6.07 Å². The van der Waals surface area contributed by atoms with Gasteiger partial charge in [-0.1, -0.05) is 12.1 Å². The number of nitrogens with one attached hydrogen (secondary N) is 1. The molecule has 0 spiro atoms. The van der Waals surface area contributed by atoms with Gasteiger partial charge in [0.2, 0.25) is 0 Å². The van der Waals surface area contributed by atoms with Crippen LogP contribution in [0.5, 0.6) is 0 Å². The number of aromatic nitrogens is 2. The highest BCUT2D eigenvalue weighted by Gasteiger charge is 2.31. The van der Waals surface area contributed by atoms with Crippen molar-refractivity contribution in [1.29, 1.82) is 0 Å². The smallest absolute Gasteiger partial charge is 0.258 e. The zero-order valence-electron chi connectivity index (χ0n) is 10.9. The van der Waals surface area contributed by atoms with Gasteiger partial charge in [0.1, 0.15) is 5.82 Å². The Hall–Kier alpha value is -1.72. The molecule has 0 amide bonds. The molecule has 5 heteroatoms. The van der Waals surface area contributed by atoms with E-state index in [-0.39, 0.29) is 5.56 Å². The van der Waals surface area contributed by atoms with Gasteiger partial charge in [0.05, 0.1) is 23.0 Å². The van der Waals surface area contributed by atoms with Crippen LogP contribution in [0.1, 0.15) is 19.2 Å². The first kappa shape index (κ1) is 12.3. The van der Waals surface area contributed by atoms with Crippen LogP contribution in [0.4, 0.5) is 0 Å². The molecule has 1 aliphatic heterocycles. The lowest BCUT2D eigenvalue weighted by molar-refractivity contribution is 0.0676. The molecule has 100 valence electrons. The summed E-state index contributed by atoms with van der Waals surface area (Å²) in [5, 5.41) is 10.5. The molecule has 0 saturated carbocycles. The molecule has 0 bridgehead atoms. The summed E-state index contributed by atoms with van der Waals surface area (Å²) in [6.07, 6.45) is 0.755. The van der Waals surface area contributed by atoms with Crippen LogP contribution in [0.15, 0.2) is 29.1 Å². The number of β-amino-alcohol motifs (C(OH)–C–C–N with tert-alkyl or cyclic N) is 1. The first-order chi connectivity index (χ1) is 9.03. The van der Waals surface area contributed by atoms with Crippen LogP contribution in [-0.2, 0) is 6.54 Å². The van der Waals surface area contributed by atoms with E-state index in [4.69, 9.17) is 0 Å². The van der Waals surface area contributed by atoms with Crippen LogP contribution in [0.2, 0.25) is 0 Å². The number of para-hydroxylation sites is 1. The van der Waals surface area contributed by atoms with Gasteiger partial charge in [0.25, 0.3) is 5.56 Å². The van der Waals surface area contributed by atoms with Crippen molar-refractivity contribution in [3.8, 4) is 0 Å². The first-order valence-electron chi connectivity index (χ1n) is 6.46. The van der Waals surface area contributed by atoms with Gasteiger partial charge in [-0.3, -0.25) is 9.69 Å². The molecule has 0 radical (unpaired) electrons. The molecule has 1 aromatic heterocycles. The molecule has 1 unspecified atom stereocenters. The topological polar surface area (TPSA) is 69.2 Å². The number of fused-ring (bicyclic) bond motifs is 1.